The van der Waals surface area contributed by atoms with Gasteiger partial charge in [0.2, 0.25) is 0 Å². The fourth-order valence-corrected chi connectivity index (χ4v) is 1.64. The molecule has 0 rings (SSSR count). The Kier molecular flexibility index (Phi) is 5.11. The van der Waals surface area contributed by atoms with Crippen LogP contribution in [0.15, 0.2) is 0 Å². The van der Waals surface area contributed by atoms with Gasteiger partial charge in [-0.05, 0) is 6.42 Å². The van der Waals surface area contributed by atoms with Crippen molar-refractivity contribution in [2.24, 2.45) is 0 Å². The average Bonchev–Trinajstić information content (AvgIpc) is 1.84. The largest absolute Gasteiger partial charge is 0.269 e. The minimum Gasteiger partial charge on any atom is -0.269 e. The lowest BCUT2D eigenvalue weighted by Crippen LogP contribution is -2.11. The quantitative estimate of drug-likeness (QED) is 0.504. The van der Waals surface area contributed by atoms with E-state index in [2.05, 4.69) is 16.8 Å². The monoisotopic (exact) mass is 184 g/mol. The fourth-order valence-electron chi connectivity index (χ4n) is 0.473. The molecule has 0 atom stereocenters. The van der Waals surface area contributed by atoms with Gasteiger partial charge in [-0.15, -0.1) is 0 Å². The van der Waals surface area contributed by atoms with Crippen molar-refractivity contribution < 1.29 is 12.6 Å². The molecule has 0 N–H and O–H groups in total. The maximum atomic E-state index is 10.7. The van der Waals surface area contributed by atoms with Gasteiger partial charge in [-0.1, -0.05) is 6.92 Å². The van der Waals surface area contributed by atoms with Crippen molar-refractivity contribution in [3.05, 3.63) is 0 Å². The molecule has 0 saturated carbocycles. The summed E-state index contributed by atoms with van der Waals surface area (Å²) in [5.41, 5.74) is 0. The molecule has 0 aromatic heterocycles. The van der Waals surface area contributed by atoms with E-state index in [1.165, 1.54) is 0 Å². The molecule has 0 spiro atoms. The van der Waals surface area contributed by atoms with Gasteiger partial charge in [0.05, 0.1) is 12.4 Å². The highest BCUT2D eigenvalue weighted by Gasteiger charge is 2.07. The van der Waals surface area contributed by atoms with Crippen LogP contribution in [-0.2, 0) is 14.3 Å². The van der Waals surface area contributed by atoms with Crippen LogP contribution < -0.4 is 0 Å². The van der Waals surface area contributed by atoms with Crippen LogP contribution in [0.2, 0.25) is 0 Å². The number of hydrogen-bond donors (Lipinski definition) is 1. The summed E-state index contributed by atoms with van der Waals surface area (Å²) >= 11 is 3.81. The maximum Gasteiger partial charge on any atom is 0.267 e. The van der Waals surface area contributed by atoms with Crippen molar-refractivity contribution in [3.8, 4) is 0 Å². The molecule has 0 amide bonds. The van der Waals surface area contributed by atoms with Gasteiger partial charge in [-0.3, -0.25) is 4.18 Å². The molecule has 0 unspecified atom stereocenters. The Morgan fingerprint density at radius 2 is 2.10 bits per heavy atom. The van der Waals surface area contributed by atoms with Crippen LogP contribution in [0.25, 0.3) is 0 Å². The summed E-state index contributed by atoms with van der Waals surface area (Å²) in [5.74, 6) is 0.531. The lowest BCUT2D eigenvalue weighted by molar-refractivity contribution is 0.341. The second-order valence-electron chi connectivity index (χ2n) is 1.81. The molecule has 62 valence electrons. The van der Waals surface area contributed by atoms with E-state index >= 15 is 0 Å². The highest BCUT2D eigenvalue weighted by molar-refractivity contribution is 7.86. The molecule has 10 heavy (non-hydrogen) atoms. The fraction of sp³-hybridized carbons (Fsp3) is 1.00. The average molecular weight is 184 g/mol. The summed E-state index contributed by atoms with van der Waals surface area (Å²) < 4.78 is 26.0. The second kappa shape index (κ2) is 4.98. The van der Waals surface area contributed by atoms with E-state index in [0.29, 0.717) is 12.2 Å². The van der Waals surface area contributed by atoms with Crippen LogP contribution in [0.3, 0.4) is 0 Å². The molecular weight excluding hydrogens is 172 g/mol. The lowest BCUT2D eigenvalue weighted by atomic mass is 10.6. The third-order valence-electron chi connectivity index (χ3n) is 0.808. The molecular formula is C5H12O3S2. The van der Waals surface area contributed by atoms with Gasteiger partial charge < -0.3 is 0 Å². The molecule has 0 fully saturated rings. The van der Waals surface area contributed by atoms with Crippen molar-refractivity contribution in [1.29, 1.82) is 0 Å². The first kappa shape index (κ1) is 10.3. The molecule has 0 aromatic carbocycles. The number of hydrogen-bond acceptors (Lipinski definition) is 4. The molecule has 0 aromatic rings. The Bertz CT molecular complexity index is 162. The Morgan fingerprint density at radius 3 is 2.50 bits per heavy atom. The van der Waals surface area contributed by atoms with Crippen LogP contribution >= 0.6 is 12.6 Å². The highest BCUT2D eigenvalue weighted by Crippen LogP contribution is 1.95. The van der Waals surface area contributed by atoms with E-state index in [-0.39, 0.29) is 12.4 Å². The van der Waals surface area contributed by atoms with Gasteiger partial charge in [-0.2, -0.15) is 21.0 Å². The van der Waals surface area contributed by atoms with E-state index in [1.54, 1.807) is 6.92 Å². The summed E-state index contributed by atoms with van der Waals surface area (Å²) in [6.07, 6.45) is 0.592. The standard InChI is InChI=1S/C5H12O3S2/c1-2-5-10(6,7)8-3-4-9/h9H,2-5H2,1H3. The van der Waals surface area contributed by atoms with Crippen molar-refractivity contribution in [2.45, 2.75) is 13.3 Å². The SMILES string of the molecule is CCCS(=O)(=O)OCCS. The Balaban J connectivity index is 3.65. The number of rotatable bonds is 5. The lowest BCUT2D eigenvalue weighted by Gasteiger charge is -2.00. The molecule has 3 nitrogen and oxygen atoms in total. The summed E-state index contributed by atoms with van der Waals surface area (Å²) in [7, 11) is -3.24. The van der Waals surface area contributed by atoms with Gasteiger partial charge in [-0.25, -0.2) is 0 Å². The van der Waals surface area contributed by atoms with E-state index in [0.717, 1.165) is 0 Å². The van der Waals surface area contributed by atoms with E-state index < -0.39 is 10.1 Å². The third-order valence-corrected chi connectivity index (χ3v) is 2.42. The van der Waals surface area contributed by atoms with Crippen molar-refractivity contribution in [3.63, 3.8) is 0 Å². The van der Waals surface area contributed by atoms with Crippen LogP contribution in [0.1, 0.15) is 13.3 Å². The second-order valence-corrected chi connectivity index (χ2v) is 4.01. The smallest absolute Gasteiger partial charge is 0.267 e. The molecule has 0 aliphatic heterocycles. The summed E-state index contributed by atoms with van der Waals surface area (Å²) in [6, 6.07) is 0. The summed E-state index contributed by atoms with van der Waals surface area (Å²) in [6.45, 7) is 1.97. The predicted molar refractivity (Wildman–Crippen MR) is 43.9 cm³/mol. The van der Waals surface area contributed by atoms with Gasteiger partial charge in [0.1, 0.15) is 0 Å². The molecule has 0 aliphatic rings. The van der Waals surface area contributed by atoms with Crippen LogP contribution in [-0.4, -0.2) is 26.5 Å². The maximum absolute atomic E-state index is 10.7. The van der Waals surface area contributed by atoms with Crippen LogP contribution in [0.4, 0.5) is 0 Å². The zero-order valence-corrected chi connectivity index (χ0v) is 7.62. The minimum atomic E-state index is -3.24. The van der Waals surface area contributed by atoms with E-state index in [4.69, 9.17) is 0 Å². The van der Waals surface area contributed by atoms with Gasteiger partial charge in [0.25, 0.3) is 10.1 Å². The summed E-state index contributed by atoms with van der Waals surface area (Å²) in [5, 5.41) is 0. The zero-order chi connectivity index (χ0) is 8.04. The van der Waals surface area contributed by atoms with Crippen LogP contribution in [0.5, 0.6) is 0 Å². The normalized spacial score (nSPS) is 11.8. The molecule has 0 saturated heterocycles. The Labute approximate surface area is 67.3 Å². The van der Waals surface area contributed by atoms with E-state index in [1.807, 2.05) is 0 Å². The topological polar surface area (TPSA) is 43.4 Å². The van der Waals surface area contributed by atoms with Gasteiger partial charge in [0.15, 0.2) is 0 Å². The Hall–Kier alpha value is 0.260. The first-order valence-electron chi connectivity index (χ1n) is 3.10. The zero-order valence-electron chi connectivity index (χ0n) is 5.91. The van der Waals surface area contributed by atoms with Gasteiger partial charge in [0, 0.05) is 5.75 Å². The summed E-state index contributed by atoms with van der Waals surface area (Å²) in [4.78, 5) is 0. The third kappa shape index (κ3) is 5.08. The van der Waals surface area contributed by atoms with E-state index in [9.17, 15) is 8.42 Å². The number of thiol groups is 1. The first-order chi connectivity index (χ1) is 4.62. The first-order valence-corrected chi connectivity index (χ1v) is 5.31. The molecule has 0 bridgehead atoms. The van der Waals surface area contributed by atoms with Gasteiger partial charge >= 0.3 is 0 Å². The predicted octanol–water partition coefficient (Wildman–Crippen LogP) is 0.673. The molecule has 0 radical (unpaired) electrons. The van der Waals surface area contributed by atoms with Crippen LogP contribution in [0, 0.1) is 0 Å². The minimum absolute atomic E-state index is 0.0980. The highest BCUT2D eigenvalue weighted by atomic mass is 32.2. The van der Waals surface area contributed by atoms with Crippen molar-refractivity contribution in [2.75, 3.05) is 18.1 Å². The molecule has 0 heterocycles. The molecule has 5 heteroatoms. The molecule has 0 aliphatic carbocycles. The van der Waals surface area contributed by atoms with Crippen molar-refractivity contribution in [1.82, 2.24) is 0 Å². The van der Waals surface area contributed by atoms with Crippen molar-refractivity contribution >= 4 is 22.7 Å². The Morgan fingerprint density at radius 1 is 1.50 bits per heavy atom.